The van der Waals surface area contributed by atoms with Crippen molar-refractivity contribution in [2.24, 2.45) is 0 Å². The quantitative estimate of drug-likeness (QED) is 0.336. The molecule has 0 aromatic carbocycles. The summed E-state index contributed by atoms with van der Waals surface area (Å²) in [5, 5.41) is 17.0. The van der Waals surface area contributed by atoms with E-state index in [0.29, 0.717) is 6.42 Å². The molecule has 0 amide bonds. The van der Waals surface area contributed by atoms with Gasteiger partial charge < -0.3 is 11.6 Å². The molecule has 82 valence electrons. The van der Waals surface area contributed by atoms with Crippen molar-refractivity contribution in [2.45, 2.75) is 39.0 Å². The normalized spacial score (nSPS) is 10.6. The molecular weight excluding hydrogens is 207 g/mol. The fraction of sp³-hybridized carbons (Fsp3) is 0.600. The Labute approximate surface area is 113 Å². The van der Waals surface area contributed by atoms with Gasteiger partial charge in [0, 0.05) is 11.6 Å². The van der Waals surface area contributed by atoms with Gasteiger partial charge in [-0.05, 0) is 12.8 Å². The van der Waals surface area contributed by atoms with Crippen LogP contribution < -0.4 is 29.6 Å². The summed E-state index contributed by atoms with van der Waals surface area (Å²) in [5.41, 5.74) is -0.0198. The third-order valence-electron chi connectivity index (χ3n) is 1.87. The first-order valence-corrected chi connectivity index (χ1v) is 4.74. The van der Waals surface area contributed by atoms with Gasteiger partial charge in [-0.15, -0.1) is 0 Å². The monoisotopic (exact) mass is 224 g/mol. The van der Waals surface area contributed by atoms with E-state index in [1.807, 2.05) is 0 Å². The van der Waals surface area contributed by atoms with Crippen LogP contribution >= 0.6 is 0 Å². The van der Waals surface area contributed by atoms with Crippen molar-refractivity contribution in [3.63, 3.8) is 0 Å². The second kappa shape index (κ2) is 10.2. The molecule has 0 fully saturated rings. The van der Waals surface area contributed by atoms with E-state index in [1.54, 1.807) is 0 Å². The van der Waals surface area contributed by atoms with Gasteiger partial charge in [0.1, 0.15) is 0 Å². The van der Waals surface area contributed by atoms with Crippen molar-refractivity contribution < 1.29 is 50.8 Å². The van der Waals surface area contributed by atoms with E-state index in [4.69, 9.17) is 10.2 Å². The van der Waals surface area contributed by atoms with E-state index in [9.17, 15) is 9.59 Å². The summed E-state index contributed by atoms with van der Waals surface area (Å²) >= 11 is 0. The van der Waals surface area contributed by atoms with E-state index >= 15 is 0 Å². The molecule has 0 aromatic heterocycles. The van der Waals surface area contributed by atoms with E-state index in [2.05, 4.69) is 6.92 Å². The number of carboxylic acids is 2. The van der Waals surface area contributed by atoms with Gasteiger partial charge in [-0.2, -0.15) is 0 Å². The van der Waals surface area contributed by atoms with E-state index < -0.39 is 11.9 Å². The summed E-state index contributed by atoms with van der Waals surface area (Å²) in [5.74, 6) is -2.33. The Morgan fingerprint density at radius 2 is 1.80 bits per heavy atom. The number of hydrogen-bond acceptors (Lipinski definition) is 2. The second-order valence-electron chi connectivity index (χ2n) is 3.12. The molecule has 0 aliphatic heterocycles. The zero-order valence-corrected chi connectivity index (χ0v) is 11.3. The summed E-state index contributed by atoms with van der Waals surface area (Å²) in [6.07, 6.45) is 4.92. The Hall–Kier alpha value is -0.320. The van der Waals surface area contributed by atoms with Crippen LogP contribution in [-0.2, 0) is 9.59 Å². The van der Waals surface area contributed by atoms with Crippen LogP contribution in [0, 0.1) is 0 Å². The van der Waals surface area contributed by atoms with E-state index in [0.717, 1.165) is 31.8 Å². The van der Waals surface area contributed by atoms with Crippen LogP contribution in [0.15, 0.2) is 11.6 Å². The third-order valence-corrected chi connectivity index (χ3v) is 1.87. The Morgan fingerprint density at radius 1 is 1.20 bits per heavy atom. The summed E-state index contributed by atoms with van der Waals surface area (Å²) in [4.78, 5) is 20.8. The number of unbranched alkanes of at least 4 members (excludes halogenated alkanes) is 3. The minimum Gasteiger partial charge on any atom is -1.00 e. The predicted molar refractivity (Wildman–Crippen MR) is 53.2 cm³/mol. The second-order valence-corrected chi connectivity index (χ2v) is 3.12. The smallest absolute Gasteiger partial charge is 1.00 e. The van der Waals surface area contributed by atoms with Crippen LogP contribution in [0.1, 0.15) is 40.5 Å². The first kappa shape index (κ1) is 17.1. The maximum Gasteiger partial charge on any atom is 1.00 e. The number of carboxylic acid groups (broad SMARTS) is 2. The van der Waals surface area contributed by atoms with Gasteiger partial charge in [0.15, 0.2) is 0 Å². The molecule has 4 nitrogen and oxygen atoms in total. The zero-order chi connectivity index (χ0) is 11.0. The third kappa shape index (κ3) is 9.97. The summed E-state index contributed by atoms with van der Waals surface area (Å²) < 4.78 is 0. The topological polar surface area (TPSA) is 74.6 Å². The fourth-order valence-electron chi connectivity index (χ4n) is 1.13. The molecule has 0 aliphatic carbocycles. The molecule has 0 radical (unpaired) electrons. The molecule has 15 heavy (non-hydrogen) atoms. The molecule has 0 saturated heterocycles. The van der Waals surface area contributed by atoms with Crippen LogP contribution in [-0.4, -0.2) is 22.2 Å². The Kier molecular flexibility index (Phi) is 11.6. The SMILES string of the molecule is CCCCCCC(=CC(=O)O)C(=O)O.[H-].[Na+]. The van der Waals surface area contributed by atoms with Crippen LogP contribution in [0.2, 0.25) is 0 Å². The summed E-state index contributed by atoms with van der Waals surface area (Å²) in [6, 6.07) is 0. The Bertz CT molecular complexity index is 241. The molecule has 0 bridgehead atoms. The molecule has 0 spiro atoms. The van der Waals surface area contributed by atoms with Gasteiger partial charge in [-0.1, -0.05) is 26.2 Å². The Balaban J connectivity index is -0.000000845. The van der Waals surface area contributed by atoms with Gasteiger partial charge in [0.05, 0.1) is 0 Å². The van der Waals surface area contributed by atoms with Crippen molar-refractivity contribution in [1.82, 2.24) is 0 Å². The molecule has 0 saturated carbocycles. The van der Waals surface area contributed by atoms with E-state index in [-0.39, 0.29) is 36.6 Å². The van der Waals surface area contributed by atoms with Crippen molar-refractivity contribution in [3.8, 4) is 0 Å². The van der Waals surface area contributed by atoms with Gasteiger partial charge in [-0.25, -0.2) is 9.59 Å². The summed E-state index contributed by atoms with van der Waals surface area (Å²) in [6.45, 7) is 2.06. The molecule has 2 N–H and O–H groups in total. The molecule has 0 rings (SSSR count). The first-order valence-electron chi connectivity index (χ1n) is 4.74. The maximum atomic E-state index is 10.6. The fourth-order valence-corrected chi connectivity index (χ4v) is 1.13. The molecule has 0 atom stereocenters. The molecule has 5 heteroatoms. The molecule has 0 heterocycles. The molecule has 0 aromatic rings. The standard InChI is InChI=1S/C10H16O4.Na.H/c1-2-3-4-5-6-8(10(13)14)7-9(11)12;;/h7H,2-6H2,1H3,(H,11,12)(H,13,14);;/q;+1;-1. The molecule has 0 aliphatic rings. The number of aliphatic carboxylic acids is 2. The van der Waals surface area contributed by atoms with Gasteiger partial charge >= 0.3 is 41.5 Å². The minimum absolute atomic E-state index is 0. The van der Waals surface area contributed by atoms with Crippen LogP contribution in [0.25, 0.3) is 0 Å². The maximum absolute atomic E-state index is 10.6. The van der Waals surface area contributed by atoms with Crippen LogP contribution in [0.3, 0.4) is 0 Å². The van der Waals surface area contributed by atoms with Gasteiger partial charge in [-0.3, -0.25) is 0 Å². The minimum atomic E-state index is -1.20. The number of rotatable bonds is 7. The Morgan fingerprint density at radius 3 is 2.20 bits per heavy atom. The van der Waals surface area contributed by atoms with Gasteiger partial charge in [0.2, 0.25) is 0 Å². The largest absolute Gasteiger partial charge is 1.00 e. The van der Waals surface area contributed by atoms with Gasteiger partial charge in [0.25, 0.3) is 0 Å². The molecule has 0 unspecified atom stereocenters. The van der Waals surface area contributed by atoms with Crippen molar-refractivity contribution in [1.29, 1.82) is 0 Å². The molecular formula is C10H17NaO4. The first-order chi connectivity index (χ1) is 6.57. The van der Waals surface area contributed by atoms with Crippen LogP contribution in [0.5, 0.6) is 0 Å². The average Bonchev–Trinajstić information content (AvgIpc) is 2.09. The van der Waals surface area contributed by atoms with Crippen molar-refractivity contribution in [3.05, 3.63) is 11.6 Å². The summed E-state index contributed by atoms with van der Waals surface area (Å²) in [7, 11) is 0. The number of carbonyl (C=O) groups is 2. The number of hydrogen-bond donors (Lipinski definition) is 2. The van der Waals surface area contributed by atoms with Crippen molar-refractivity contribution in [2.75, 3.05) is 0 Å². The van der Waals surface area contributed by atoms with Crippen LogP contribution in [0.4, 0.5) is 0 Å². The van der Waals surface area contributed by atoms with Crippen molar-refractivity contribution >= 4 is 11.9 Å². The predicted octanol–water partition coefficient (Wildman–Crippen LogP) is -0.831. The van der Waals surface area contributed by atoms with E-state index in [1.165, 1.54) is 0 Å². The zero-order valence-electron chi connectivity index (χ0n) is 10.3. The average molecular weight is 224 g/mol.